The minimum Gasteiger partial charge on any atom is -0.299 e. The van der Waals surface area contributed by atoms with Gasteiger partial charge in [0, 0.05) is 11.8 Å². The number of hydrogen-bond acceptors (Lipinski definition) is 1. The summed E-state index contributed by atoms with van der Waals surface area (Å²) in [5, 5.41) is 0. The van der Waals surface area contributed by atoms with E-state index >= 15 is 0 Å². The highest BCUT2D eigenvalue weighted by Crippen LogP contribution is 2.51. The lowest BCUT2D eigenvalue weighted by molar-refractivity contribution is -0.140. The quantitative estimate of drug-likeness (QED) is 0.218. The van der Waals surface area contributed by atoms with Crippen molar-refractivity contribution in [2.24, 2.45) is 29.1 Å². The topological polar surface area (TPSA) is 17.1 Å². The summed E-state index contributed by atoms with van der Waals surface area (Å²) >= 11 is 0. The van der Waals surface area contributed by atoms with E-state index < -0.39 is 0 Å². The summed E-state index contributed by atoms with van der Waals surface area (Å²) in [6.07, 6.45) is 21.7. The van der Waals surface area contributed by atoms with Gasteiger partial charge in [0.2, 0.25) is 0 Å². The Morgan fingerprint density at radius 1 is 0.906 bits per heavy atom. The van der Waals surface area contributed by atoms with Gasteiger partial charge in [0.05, 0.1) is 0 Å². The number of Topliss-reactive ketones (excluding diaryl/α,β-unsaturated/α-hetero) is 1. The van der Waals surface area contributed by atoms with Crippen LogP contribution < -0.4 is 0 Å². The van der Waals surface area contributed by atoms with Crippen molar-refractivity contribution in [3.8, 4) is 0 Å². The second kappa shape index (κ2) is 13.0. The molecule has 0 aromatic heterocycles. The van der Waals surface area contributed by atoms with E-state index in [1.807, 2.05) is 0 Å². The van der Waals surface area contributed by atoms with Gasteiger partial charge >= 0.3 is 0 Å². The molecule has 3 atom stereocenters. The second-order valence-corrected chi connectivity index (χ2v) is 11.8. The van der Waals surface area contributed by atoms with E-state index in [1.165, 1.54) is 68.1 Å². The summed E-state index contributed by atoms with van der Waals surface area (Å²) < 4.78 is 0. The molecule has 2 saturated carbocycles. The molecular weight excluding hydrogens is 388 g/mol. The van der Waals surface area contributed by atoms with Crippen LogP contribution in [0.4, 0.5) is 0 Å². The van der Waals surface area contributed by atoms with Crippen LogP contribution in [0, 0.1) is 29.1 Å². The summed E-state index contributed by atoms with van der Waals surface area (Å²) in [6.45, 7) is 16.2. The lowest BCUT2D eigenvalue weighted by atomic mass is 9.55. The Hall–Kier alpha value is -1.11. The molecule has 2 aliphatic carbocycles. The lowest BCUT2D eigenvalue weighted by Crippen LogP contribution is -2.47. The van der Waals surface area contributed by atoms with Crippen molar-refractivity contribution >= 4 is 5.78 Å². The van der Waals surface area contributed by atoms with Crippen molar-refractivity contribution in [3.63, 3.8) is 0 Å². The maximum Gasteiger partial charge on any atom is 0.139 e. The van der Waals surface area contributed by atoms with Gasteiger partial charge in [0.25, 0.3) is 0 Å². The third-order valence-electron chi connectivity index (χ3n) is 8.56. The summed E-state index contributed by atoms with van der Waals surface area (Å²) in [5.74, 6) is 2.39. The van der Waals surface area contributed by atoms with Crippen LogP contribution in [-0.2, 0) is 4.79 Å². The first kappa shape index (κ1) is 27.1. The van der Waals surface area contributed by atoms with Crippen LogP contribution in [0.15, 0.2) is 34.9 Å². The molecule has 1 heteroatoms. The standard InChI is InChI=1S/C31H52O/c1-8-13-23(2)14-9-10-15-24(3)16-11-17-25(4)20-21-29-26(5)30(32)28(22-31(29,6)7)27-18-12-19-27/h14-15,17,26-29H,8-13,16,18-22H2,1-7H3/b23-14+,24-15+,25-17+/t26?,28?,29-/m0/s1. The Labute approximate surface area is 200 Å². The van der Waals surface area contributed by atoms with Crippen LogP contribution in [0.3, 0.4) is 0 Å². The van der Waals surface area contributed by atoms with Crippen LogP contribution in [0.25, 0.3) is 0 Å². The first-order valence-corrected chi connectivity index (χ1v) is 13.7. The third-order valence-corrected chi connectivity index (χ3v) is 8.56. The lowest BCUT2D eigenvalue weighted by Gasteiger charge is -2.49. The normalized spacial score (nSPS) is 27.5. The van der Waals surface area contributed by atoms with E-state index in [1.54, 1.807) is 0 Å². The van der Waals surface area contributed by atoms with Crippen molar-refractivity contribution in [3.05, 3.63) is 34.9 Å². The van der Waals surface area contributed by atoms with Crippen LogP contribution in [0.5, 0.6) is 0 Å². The average Bonchev–Trinajstić information content (AvgIpc) is 2.67. The van der Waals surface area contributed by atoms with Crippen LogP contribution in [-0.4, -0.2) is 5.78 Å². The fourth-order valence-corrected chi connectivity index (χ4v) is 6.20. The number of rotatable bonds is 12. The number of carbonyl (C=O) groups excluding carboxylic acids is 1. The maximum atomic E-state index is 13.1. The highest BCUT2D eigenvalue weighted by molar-refractivity contribution is 5.84. The van der Waals surface area contributed by atoms with E-state index in [9.17, 15) is 4.79 Å². The summed E-state index contributed by atoms with van der Waals surface area (Å²) in [5.41, 5.74) is 4.85. The van der Waals surface area contributed by atoms with E-state index in [0.717, 1.165) is 25.7 Å². The molecule has 0 saturated heterocycles. The van der Waals surface area contributed by atoms with Gasteiger partial charge in [-0.1, -0.05) is 75.5 Å². The van der Waals surface area contributed by atoms with E-state index in [2.05, 4.69) is 66.7 Å². The zero-order valence-corrected chi connectivity index (χ0v) is 22.4. The second-order valence-electron chi connectivity index (χ2n) is 11.8. The van der Waals surface area contributed by atoms with E-state index in [4.69, 9.17) is 0 Å². The van der Waals surface area contributed by atoms with E-state index in [0.29, 0.717) is 23.5 Å². The SMILES string of the molecule is CCC/C(C)=C/CC/C=C(\C)CC/C=C(\C)CC[C@H]1C(C)C(=O)C(C2CCC2)CC1(C)C. The molecule has 2 aliphatic rings. The summed E-state index contributed by atoms with van der Waals surface area (Å²) in [4.78, 5) is 13.1. The molecule has 0 amide bonds. The predicted octanol–water partition coefficient (Wildman–Crippen LogP) is 9.63. The molecule has 0 aromatic carbocycles. The number of hydrogen-bond donors (Lipinski definition) is 0. The largest absolute Gasteiger partial charge is 0.299 e. The molecule has 2 unspecified atom stereocenters. The van der Waals surface area contributed by atoms with Gasteiger partial charge in [0.1, 0.15) is 5.78 Å². The molecule has 0 heterocycles. The number of ketones is 1. The van der Waals surface area contributed by atoms with Crippen LogP contribution in [0.1, 0.15) is 126 Å². The van der Waals surface area contributed by atoms with E-state index in [-0.39, 0.29) is 11.3 Å². The molecule has 32 heavy (non-hydrogen) atoms. The molecule has 0 N–H and O–H groups in total. The van der Waals surface area contributed by atoms with Gasteiger partial charge in [-0.2, -0.15) is 0 Å². The molecule has 0 aromatic rings. The van der Waals surface area contributed by atoms with Gasteiger partial charge in [-0.15, -0.1) is 0 Å². The maximum absolute atomic E-state index is 13.1. The third kappa shape index (κ3) is 8.03. The van der Waals surface area contributed by atoms with Crippen molar-refractivity contribution in [1.29, 1.82) is 0 Å². The average molecular weight is 441 g/mol. The summed E-state index contributed by atoms with van der Waals surface area (Å²) in [7, 11) is 0. The highest BCUT2D eigenvalue weighted by Gasteiger charge is 2.48. The number of carbonyl (C=O) groups is 1. The van der Waals surface area contributed by atoms with Gasteiger partial charge in [-0.3, -0.25) is 4.79 Å². The smallest absolute Gasteiger partial charge is 0.139 e. The highest BCUT2D eigenvalue weighted by atomic mass is 16.1. The Kier molecular flexibility index (Phi) is 11.0. The number of allylic oxidation sites excluding steroid dienone is 6. The Morgan fingerprint density at radius 2 is 1.47 bits per heavy atom. The summed E-state index contributed by atoms with van der Waals surface area (Å²) in [6, 6.07) is 0. The first-order chi connectivity index (χ1) is 15.2. The molecule has 0 spiro atoms. The Balaban J connectivity index is 1.76. The molecule has 0 aliphatic heterocycles. The van der Waals surface area contributed by atoms with Gasteiger partial charge in [-0.25, -0.2) is 0 Å². The minimum atomic E-state index is 0.234. The minimum absolute atomic E-state index is 0.234. The van der Waals surface area contributed by atoms with Crippen LogP contribution in [0.2, 0.25) is 0 Å². The Morgan fingerprint density at radius 3 is 2.03 bits per heavy atom. The first-order valence-electron chi connectivity index (χ1n) is 13.7. The molecule has 0 radical (unpaired) electrons. The van der Waals surface area contributed by atoms with Crippen molar-refractivity contribution in [2.45, 2.75) is 126 Å². The molecular formula is C31H52O. The monoisotopic (exact) mass is 440 g/mol. The number of unbranched alkanes of at least 4 members (excludes halogenated alkanes) is 1. The van der Waals surface area contributed by atoms with Crippen molar-refractivity contribution in [1.82, 2.24) is 0 Å². The van der Waals surface area contributed by atoms with Gasteiger partial charge in [0.15, 0.2) is 0 Å². The van der Waals surface area contributed by atoms with Gasteiger partial charge < -0.3 is 0 Å². The van der Waals surface area contributed by atoms with Crippen molar-refractivity contribution in [2.75, 3.05) is 0 Å². The van der Waals surface area contributed by atoms with Crippen LogP contribution >= 0.6 is 0 Å². The fourth-order valence-electron chi connectivity index (χ4n) is 6.20. The fraction of sp³-hybridized carbons (Fsp3) is 0.774. The Bertz CT molecular complexity index is 685. The molecule has 2 rings (SSSR count). The molecule has 2 fully saturated rings. The predicted molar refractivity (Wildman–Crippen MR) is 141 cm³/mol. The zero-order valence-electron chi connectivity index (χ0n) is 22.4. The van der Waals surface area contributed by atoms with Gasteiger partial charge in [-0.05, 0) is 102 Å². The molecule has 0 bridgehead atoms. The van der Waals surface area contributed by atoms with Crippen molar-refractivity contribution < 1.29 is 4.79 Å². The molecule has 182 valence electrons. The molecule has 1 nitrogen and oxygen atoms in total. The zero-order chi connectivity index (χ0) is 23.7.